The summed E-state index contributed by atoms with van der Waals surface area (Å²) in [4.78, 5) is 2.22. The predicted molar refractivity (Wildman–Crippen MR) is 84.1 cm³/mol. The molecular formula is C16H27N3O. The third kappa shape index (κ3) is 6.68. The van der Waals surface area contributed by atoms with Gasteiger partial charge < -0.3 is 10.5 Å². The van der Waals surface area contributed by atoms with Crippen molar-refractivity contribution in [3.05, 3.63) is 35.4 Å². The minimum absolute atomic E-state index is 0.117. The first-order valence-corrected chi connectivity index (χ1v) is 7.18. The number of nitrogen functional groups attached to an aromatic ring is 1. The Hall–Kier alpha value is -1.39. The molecule has 20 heavy (non-hydrogen) atoms. The lowest BCUT2D eigenvalue weighted by molar-refractivity contribution is 0.101. The molecule has 1 rings (SSSR count). The molecule has 3 N–H and O–H groups in total. The summed E-state index contributed by atoms with van der Waals surface area (Å²) < 4.78 is 5.62. The Morgan fingerprint density at radius 1 is 1.35 bits per heavy atom. The molecular weight excluding hydrogens is 250 g/mol. The van der Waals surface area contributed by atoms with E-state index in [2.05, 4.69) is 31.9 Å². The van der Waals surface area contributed by atoms with Gasteiger partial charge in [-0.05, 0) is 31.0 Å². The smallest absolute Gasteiger partial charge is 0.122 e. The van der Waals surface area contributed by atoms with E-state index < -0.39 is 0 Å². The largest absolute Gasteiger partial charge is 0.384 e. The van der Waals surface area contributed by atoms with Gasteiger partial charge in [0.25, 0.3) is 0 Å². The van der Waals surface area contributed by atoms with Crippen LogP contribution in [0.1, 0.15) is 31.4 Å². The van der Waals surface area contributed by atoms with Crippen molar-refractivity contribution in [1.29, 1.82) is 5.41 Å². The summed E-state index contributed by atoms with van der Waals surface area (Å²) in [6, 6.07) is 7.83. The van der Waals surface area contributed by atoms with E-state index in [0.717, 1.165) is 38.3 Å². The van der Waals surface area contributed by atoms with Crippen LogP contribution in [0, 0.1) is 11.3 Å². The standard InChI is InChI=1S/C16H27N3O/c1-13(2)7-9-20-10-8-19(3)12-14-5-4-6-15(11-14)16(17)18/h4-6,11,13H,7-10,12H2,1-3H3,(H3,17,18). The third-order valence-corrected chi connectivity index (χ3v) is 3.15. The second-order valence-electron chi connectivity index (χ2n) is 5.65. The topological polar surface area (TPSA) is 62.3 Å². The lowest BCUT2D eigenvalue weighted by atomic mass is 10.1. The van der Waals surface area contributed by atoms with E-state index in [1.54, 1.807) is 0 Å². The van der Waals surface area contributed by atoms with Crippen molar-refractivity contribution in [3.8, 4) is 0 Å². The molecule has 0 fully saturated rings. The highest BCUT2D eigenvalue weighted by Crippen LogP contribution is 2.07. The van der Waals surface area contributed by atoms with Crippen LogP contribution < -0.4 is 5.73 Å². The van der Waals surface area contributed by atoms with Crippen LogP contribution in [0.15, 0.2) is 24.3 Å². The number of nitrogens with zero attached hydrogens (tertiary/aromatic N) is 1. The van der Waals surface area contributed by atoms with Crippen molar-refractivity contribution < 1.29 is 4.74 Å². The summed E-state index contributed by atoms with van der Waals surface area (Å²) in [6.45, 7) is 7.76. The first kappa shape index (κ1) is 16.7. The number of hydrogen-bond donors (Lipinski definition) is 2. The van der Waals surface area contributed by atoms with Gasteiger partial charge in [0.2, 0.25) is 0 Å². The molecule has 4 heteroatoms. The van der Waals surface area contributed by atoms with Gasteiger partial charge in [-0.3, -0.25) is 10.3 Å². The molecule has 112 valence electrons. The average Bonchev–Trinajstić information content (AvgIpc) is 2.38. The van der Waals surface area contributed by atoms with Crippen LogP contribution in [-0.4, -0.2) is 37.5 Å². The third-order valence-electron chi connectivity index (χ3n) is 3.15. The number of benzene rings is 1. The number of likely N-dealkylation sites (N-methyl/N-ethyl adjacent to an activating group) is 1. The molecule has 0 saturated carbocycles. The molecule has 0 radical (unpaired) electrons. The first-order chi connectivity index (χ1) is 9.49. The van der Waals surface area contributed by atoms with Crippen molar-refractivity contribution in [2.24, 2.45) is 11.7 Å². The number of amidine groups is 1. The van der Waals surface area contributed by atoms with Gasteiger partial charge in [0.05, 0.1) is 6.61 Å². The first-order valence-electron chi connectivity index (χ1n) is 7.18. The van der Waals surface area contributed by atoms with E-state index in [1.807, 2.05) is 18.2 Å². The normalized spacial score (nSPS) is 11.2. The fourth-order valence-electron chi connectivity index (χ4n) is 1.87. The molecule has 1 aromatic carbocycles. The van der Waals surface area contributed by atoms with Crippen molar-refractivity contribution in [3.63, 3.8) is 0 Å². The Morgan fingerprint density at radius 2 is 2.10 bits per heavy atom. The molecule has 0 amide bonds. The van der Waals surface area contributed by atoms with E-state index in [0.29, 0.717) is 5.92 Å². The quantitative estimate of drug-likeness (QED) is 0.414. The van der Waals surface area contributed by atoms with Gasteiger partial charge >= 0.3 is 0 Å². The molecule has 0 unspecified atom stereocenters. The fraction of sp³-hybridized carbons (Fsp3) is 0.562. The zero-order valence-corrected chi connectivity index (χ0v) is 12.9. The fourth-order valence-corrected chi connectivity index (χ4v) is 1.87. The summed E-state index contributed by atoms with van der Waals surface area (Å²) in [5.41, 5.74) is 7.45. The van der Waals surface area contributed by atoms with Crippen LogP contribution >= 0.6 is 0 Å². The van der Waals surface area contributed by atoms with E-state index in [4.69, 9.17) is 15.9 Å². The van der Waals surface area contributed by atoms with Gasteiger partial charge in [0, 0.05) is 25.3 Å². The van der Waals surface area contributed by atoms with Gasteiger partial charge in [-0.15, -0.1) is 0 Å². The van der Waals surface area contributed by atoms with Crippen LogP contribution in [0.4, 0.5) is 0 Å². The molecule has 0 aliphatic carbocycles. The Kier molecular flexibility index (Phi) is 7.26. The van der Waals surface area contributed by atoms with Crippen LogP contribution in [0.5, 0.6) is 0 Å². The number of hydrogen-bond acceptors (Lipinski definition) is 3. The maximum atomic E-state index is 7.45. The van der Waals surface area contributed by atoms with Crippen LogP contribution in [0.2, 0.25) is 0 Å². The summed E-state index contributed by atoms with van der Waals surface area (Å²) in [6.07, 6.45) is 1.12. The Bertz CT molecular complexity index is 418. The average molecular weight is 277 g/mol. The van der Waals surface area contributed by atoms with Crippen LogP contribution in [0.25, 0.3) is 0 Å². The molecule has 0 spiro atoms. The second-order valence-corrected chi connectivity index (χ2v) is 5.65. The second kappa shape index (κ2) is 8.72. The zero-order chi connectivity index (χ0) is 15.0. The Morgan fingerprint density at radius 3 is 2.75 bits per heavy atom. The number of ether oxygens (including phenoxy) is 1. The van der Waals surface area contributed by atoms with Crippen molar-refractivity contribution in [1.82, 2.24) is 4.90 Å². The van der Waals surface area contributed by atoms with Gasteiger partial charge in [-0.2, -0.15) is 0 Å². The molecule has 0 atom stereocenters. The molecule has 1 aromatic rings. The SMILES string of the molecule is CC(C)CCOCCN(C)Cc1cccc(C(=N)N)c1. The molecule has 0 saturated heterocycles. The highest BCUT2D eigenvalue weighted by molar-refractivity contribution is 5.95. The number of nitrogens with one attached hydrogen (secondary N) is 1. The molecule has 4 nitrogen and oxygen atoms in total. The molecule has 0 aliphatic rings. The lowest BCUT2D eigenvalue weighted by Crippen LogP contribution is -2.23. The number of rotatable bonds is 9. The van der Waals surface area contributed by atoms with Gasteiger partial charge in [0.15, 0.2) is 0 Å². The maximum absolute atomic E-state index is 7.45. The van der Waals surface area contributed by atoms with Crippen molar-refractivity contribution in [2.75, 3.05) is 26.8 Å². The monoisotopic (exact) mass is 277 g/mol. The number of nitrogens with two attached hydrogens (primary N) is 1. The summed E-state index contributed by atoms with van der Waals surface area (Å²) >= 11 is 0. The zero-order valence-electron chi connectivity index (χ0n) is 12.9. The maximum Gasteiger partial charge on any atom is 0.122 e. The van der Waals surface area contributed by atoms with Crippen LogP contribution in [0.3, 0.4) is 0 Å². The van der Waals surface area contributed by atoms with Crippen molar-refractivity contribution >= 4 is 5.84 Å². The molecule has 0 aromatic heterocycles. The molecule has 0 aliphatic heterocycles. The van der Waals surface area contributed by atoms with E-state index in [-0.39, 0.29) is 5.84 Å². The molecule has 0 bridgehead atoms. The molecule has 0 heterocycles. The predicted octanol–water partition coefficient (Wildman–Crippen LogP) is 2.47. The summed E-state index contributed by atoms with van der Waals surface area (Å²) in [5, 5.41) is 7.45. The Labute approximate surface area is 122 Å². The minimum atomic E-state index is 0.117. The highest BCUT2D eigenvalue weighted by atomic mass is 16.5. The van der Waals surface area contributed by atoms with E-state index in [1.165, 1.54) is 5.56 Å². The summed E-state index contributed by atoms with van der Waals surface area (Å²) in [5.74, 6) is 0.813. The van der Waals surface area contributed by atoms with Crippen molar-refractivity contribution in [2.45, 2.75) is 26.8 Å². The Balaban J connectivity index is 2.29. The van der Waals surface area contributed by atoms with Gasteiger partial charge in [-0.1, -0.05) is 32.0 Å². The summed E-state index contributed by atoms with van der Waals surface area (Å²) in [7, 11) is 2.08. The minimum Gasteiger partial charge on any atom is -0.384 e. The van der Waals surface area contributed by atoms with E-state index >= 15 is 0 Å². The van der Waals surface area contributed by atoms with E-state index in [9.17, 15) is 0 Å². The van der Waals surface area contributed by atoms with Gasteiger partial charge in [-0.25, -0.2) is 0 Å². The van der Waals surface area contributed by atoms with Crippen LogP contribution in [-0.2, 0) is 11.3 Å². The lowest BCUT2D eigenvalue weighted by Gasteiger charge is -2.17. The highest BCUT2D eigenvalue weighted by Gasteiger charge is 2.03. The van der Waals surface area contributed by atoms with Gasteiger partial charge in [0.1, 0.15) is 5.84 Å².